The van der Waals surface area contributed by atoms with Crippen LogP contribution < -0.4 is 5.32 Å². The molecule has 1 fully saturated rings. The lowest BCUT2D eigenvalue weighted by Gasteiger charge is -2.57. The second-order valence-corrected chi connectivity index (χ2v) is 9.66. The number of amides is 1. The van der Waals surface area contributed by atoms with E-state index >= 15 is 0 Å². The van der Waals surface area contributed by atoms with Gasteiger partial charge in [0.2, 0.25) is 0 Å². The number of hydroxylamine groups is 2. The zero-order valence-corrected chi connectivity index (χ0v) is 20.3. The van der Waals surface area contributed by atoms with Gasteiger partial charge in [-0.3, -0.25) is 9.63 Å². The Balaban J connectivity index is 1.78. The first-order valence-corrected chi connectivity index (χ1v) is 11.8. The van der Waals surface area contributed by atoms with Crippen molar-refractivity contribution in [1.29, 1.82) is 0 Å². The molecule has 0 aliphatic carbocycles. The molecule has 2 unspecified atom stereocenters. The maximum absolute atomic E-state index is 12.9. The topological polar surface area (TPSA) is 78.9 Å². The molecule has 2 atom stereocenters. The van der Waals surface area contributed by atoms with Crippen LogP contribution in [0.3, 0.4) is 0 Å². The van der Waals surface area contributed by atoms with Crippen LogP contribution in [0.1, 0.15) is 92.7 Å². The molecule has 2 aromatic rings. The minimum atomic E-state index is -1.00. The molecule has 1 amide bonds. The number of hydrogen-bond donors (Lipinski definition) is 2. The Labute approximate surface area is 196 Å². The van der Waals surface area contributed by atoms with Crippen molar-refractivity contribution < 1.29 is 19.5 Å². The Bertz CT molecular complexity index is 952. The van der Waals surface area contributed by atoms with E-state index in [1.165, 1.54) is 12.1 Å². The van der Waals surface area contributed by atoms with Crippen LogP contribution in [0.4, 0.5) is 0 Å². The summed E-state index contributed by atoms with van der Waals surface area (Å²) in [5, 5.41) is 14.5. The van der Waals surface area contributed by atoms with E-state index < -0.39 is 5.97 Å². The van der Waals surface area contributed by atoms with Gasteiger partial charge in [0.25, 0.3) is 5.91 Å². The summed E-state index contributed by atoms with van der Waals surface area (Å²) in [6, 6.07) is 16.3. The fourth-order valence-corrected chi connectivity index (χ4v) is 5.10. The third-order valence-corrected chi connectivity index (χ3v) is 6.93. The normalized spacial score (nSPS) is 20.7. The van der Waals surface area contributed by atoms with Gasteiger partial charge < -0.3 is 10.4 Å². The molecule has 33 heavy (non-hydrogen) atoms. The van der Waals surface area contributed by atoms with E-state index in [4.69, 9.17) is 9.94 Å². The summed E-state index contributed by atoms with van der Waals surface area (Å²) in [4.78, 5) is 30.7. The van der Waals surface area contributed by atoms with Gasteiger partial charge in [0.05, 0.1) is 5.56 Å². The van der Waals surface area contributed by atoms with E-state index in [0.29, 0.717) is 5.56 Å². The summed E-state index contributed by atoms with van der Waals surface area (Å²) in [5.41, 5.74) is 1.26. The quantitative estimate of drug-likeness (QED) is 0.544. The van der Waals surface area contributed by atoms with Crippen molar-refractivity contribution >= 4 is 11.9 Å². The molecule has 1 heterocycles. The number of hydrogen-bond acceptors (Lipinski definition) is 4. The maximum atomic E-state index is 12.9. The number of carbonyl (C=O) groups is 2. The fourth-order valence-electron chi connectivity index (χ4n) is 5.10. The lowest BCUT2D eigenvalue weighted by molar-refractivity contribution is -0.316. The van der Waals surface area contributed by atoms with Gasteiger partial charge in [-0.25, -0.2) is 4.79 Å². The highest BCUT2D eigenvalue weighted by Gasteiger charge is 2.50. The van der Waals surface area contributed by atoms with Gasteiger partial charge in [0, 0.05) is 22.7 Å². The van der Waals surface area contributed by atoms with Crippen LogP contribution in [-0.4, -0.2) is 39.2 Å². The zero-order valence-electron chi connectivity index (χ0n) is 20.3. The molecule has 2 aromatic carbocycles. The van der Waals surface area contributed by atoms with Gasteiger partial charge in [-0.15, -0.1) is 0 Å². The van der Waals surface area contributed by atoms with Crippen molar-refractivity contribution in [2.45, 2.75) is 83.5 Å². The SMILES string of the molecule is CCC1(CC)CC(NC(=O)c2ccc(C(=O)O)cc2)CC(C)(C)N1OC(C)c1ccccc1. The summed E-state index contributed by atoms with van der Waals surface area (Å²) < 4.78 is 0. The average molecular weight is 453 g/mol. The van der Waals surface area contributed by atoms with Crippen molar-refractivity contribution in [3.63, 3.8) is 0 Å². The van der Waals surface area contributed by atoms with Crippen molar-refractivity contribution in [2.24, 2.45) is 0 Å². The first-order chi connectivity index (χ1) is 15.6. The summed E-state index contributed by atoms with van der Waals surface area (Å²) in [5.74, 6) is -1.18. The lowest BCUT2D eigenvalue weighted by atomic mass is 9.74. The second-order valence-electron chi connectivity index (χ2n) is 9.66. The van der Waals surface area contributed by atoms with E-state index in [1.807, 2.05) is 18.2 Å². The first kappa shape index (κ1) is 24.9. The molecule has 1 saturated heterocycles. The smallest absolute Gasteiger partial charge is 0.335 e. The van der Waals surface area contributed by atoms with Crippen LogP contribution >= 0.6 is 0 Å². The van der Waals surface area contributed by atoms with Crippen molar-refractivity contribution in [3.8, 4) is 0 Å². The zero-order chi connectivity index (χ0) is 24.2. The molecule has 0 radical (unpaired) electrons. The minimum Gasteiger partial charge on any atom is -0.478 e. The number of nitrogens with one attached hydrogen (secondary N) is 1. The Morgan fingerprint density at radius 1 is 1.03 bits per heavy atom. The third-order valence-electron chi connectivity index (χ3n) is 6.93. The Morgan fingerprint density at radius 2 is 1.61 bits per heavy atom. The Morgan fingerprint density at radius 3 is 2.15 bits per heavy atom. The third kappa shape index (κ3) is 5.45. The number of nitrogens with zero attached hydrogens (tertiary/aromatic N) is 1. The highest BCUT2D eigenvalue weighted by molar-refractivity contribution is 5.96. The minimum absolute atomic E-state index is 0.0153. The molecule has 0 saturated carbocycles. The molecule has 6 heteroatoms. The van der Waals surface area contributed by atoms with E-state index in [0.717, 1.165) is 31.2 Å². The number of carboxylic acid groups (broad SMARTS) is 1. The molecule has 178 valence electrons. The Kier molecular flexibility index (Phi) is 7.60. The molecular weight excluding hydrogens is 416 g/mol. The van der Waals surface area contributed by atoms with Crippen molar-refractivity contribution in [2.75, 3.05) is 0 Å². The Hall–Kier alpha value is -2.70. The summed E-state index contributed by atoms with van der Waals surface area (Å²) >= 11 is 0. The van der Waals surface area contributed by atoms with Crippen molar-refractivity contribution in [3.05, 3.63) is 71.3 Å². The predicted octanol–water partition coefficient (Wildman–Crippen LogP) is 5.61. The van der Waals surface area contributed by atoms with Gasteiger partial charge in [0.15, 0.2) is 0 Å². The van der Waals surface area contributed by atoms with Crippen LogP contribution in [0.5, 0.6) is 0 Å². The summed E-state index contributed by atoms with van der Waals surface area (Å²) in [7, 11) is 0. The van der Waals surface area contributed by atoms with Crippen LogP contribution in [0.2, 0.25) is 0 Å². The predicted molar refractivity (Wildman–Crippen MR) is 129 cm³/mol. The van der Waals surface area contributed by atoms with E-state index in [2.05, 4.69) is 57.1 Å². The first-order valence-electron chi connectivity index (χ1n) is 11.8. The molecule has 2 N–H and O–H groups in total. The number of aromatic carboxylic acids is 1. The molecule has 6 nitrogen and oxygen atoms in total. The fraction of sp³-hybridized carbons (Fsp3) is 0.481. The second kappa shape index (κ2) is 10.1. The molecule has 1 aliphatic heterocycles. The van der Waals surface area contributed by atoms with Gasteiger partial charge in [-0.2, -0.15) is 5.06 Å². The standard InChI is InChI=1S/C27H36N2O4/c1-6-27(7-2)18-23(28-24(30)21-13-15-22(16-14-21)25(31)32)17-26(4,5)29(27)33-19(3)20-11-9-8-10-12-20/h8-16,19,23H,6-7,17-18H2,1-5H3,(H,28,30)(H,31,32). The van der Waals surface area contributed by atoms with Crippen LogP contribution in [0, 0.1) is 0 Å². The molecular formula is C27H36N2O4. The average Bonchev–Trinajstić information content (AvgIpc) is 2.80. The molecule has 0 aromatic heterocycles. The number of benzene rings is 2. The van der Waals surface area contributed by atoms with E-state index in [-0.39, 0.29) is 34.7 Å². The van der Waals surface area contributed by atoms with Crippen LogP contribution in [-0.2, 0) is 4.84 Å². The van der Waals surface area contributed by atoms with Gasteiger partial charge in [-0.1, -0.05) is 44.2 Å². The number of piperidine rings is 1. The largest absolute Gasteiger partial charge is 0.478 e. The monoisotopic (exact) mass is 452 g/mol. The summed E-state index contributed by atoms with van der Waals surface area (Å²) in [6.07, 6.45) is 3.24. The van der Waals surface area contributed by atoms with Crippen LogP contribution in [0.25, 0.3) is 0 Å². The lowest BCUT2D eigenvalue weighted by Crippen LogP contribution is -2.66. The number of carboxylic acids is 1. The van der Waals surface area contributed by atoms with Gasteiger partial charge in [-0.05, 0) is 76.3 Å². The van der Waals surface area contributed by atoms with Crippen LogP contribution in [0.15, 0.2) is 54.6 Å². The number of carbonyl (C=O) groups excluding carboxylic acids is 1. The van der Waals surface area contributed by atoms with E-state index in [9.17, 15) is 9.59 Å². The summed E-state index contributed by atoms with van der Waals surface area (Å²) in [6.45, 7) is 10.8. The van der Waals surface area contributed by atoms with Gasteiger partial charge >= 0.3 is 5.97 Å². The highest BCUT2D eigenvalue weighted by atomic mass is 16.7. The molecule has 0 spiro atoms. The van der Waals surface area contributed by atoms with Crippen molar-refractivity contribution in [1.82, 2.24) is 10.4 Å². The van der Waals surface area contributed by atoms with Gasteiger partial charge in [0.1, 0.15) is 6.10 Å². The maximum Gasteiger partial charge on any atom is 0.335 e. The molecule has 3 rings (SSSR count). The highest BCUT2D eigenvalue weighted by Crippen LogP contribution is 2.44. The van der Waals surface area contributed by atoms with E-state index in [1.54, 1.807) is 12.1 Å². The number of rotatable bonds is 8. The molecule has 1 aliphatic rings. The molecule has 0 bridgehead atoms.